The molecule has 0 saturated carbocycles. The Labute approximate surface area is 143 Å². The quantitative estimate of drug-likeness (QED) is 0.865. The van der Waals surface area contributed by atoms with Crippen LogP contribution < -0.4 is 5.32 Å². The highest BCUT2D eigenvalue weighted by molar-refractivity contribution is 6.32. The summed E-state index contributed by atoms with van der Waals surface area (Å²) in [6.45, 7) is 1.77. The summed E-state index contributed by atoms with van der Waals surface area (Å²) in [6, 6.07) is 8.72. The average Bonchev–Trinajstić information content (AvgIpc) is 2.76. The summed E-state index contributed by atoms with van der Waals surface area (Å²) in [6.07, 6.45) is 2.11. The van der Waals surface area contributed by atoms with Crippen LogP contribution in [0.15, 0.2) is 42.6 Å². The maximum Gasteiger partial charge on any atom is 0.325 e. The number of pyridine rings is 1. The third kappa shape index (κ3) is 2.85. The lowest BCUT2D eigenvalue weighted by atomic mass is 9.92. The second-order valence-electron chi connectivity index (χ2n) is 5.71. The molecule has 3 amide bonds. The van der Waals surface area contributed by atoms with Crippen LogP contribution in [0.25, 0.3) is 0 Å². The van der Waals surface area contributed by atoms with Gasteiger partial charge < -0.3 is 5.32 Å². The summed E-state index contributed by atoms with van der Waals surface area (Å²) in [7, 11) is 0. The first-order chi connectivity index (χ1) is 11.4. The summed E-state index contributed by atoms with van der Waals surface area (Å²) in [5, 5.41) is 2.75. The van der Waals surface area contributed by atoms with Gasteiger partial charge in [0.1, 0.15) is 11.4 Å². The maximum atomic E-state index is 13.2. The van der Waals surface area contributed by atoms with Gasteiger partial charge in [-0.1, -0.05) is 23.7 Å². The van der Waals surface area contributed by atoms with Gasteiger partial charge in [-0.15, -0.1) is 0 Å². The fraction of sp³-hybridized carbons (Fsp3) is 0.235. The SMILES string of the molecule is CC1(c2ccc(F)cc2Cl)NC(=O)N(CCc2ccccn2)C1=O. The van der Waals surface area contributed by atoms with Gasteiger partial charge in [-0.25, -0.2) is 9.18 Å². The van der Waals surface area contributed by atoms with E-state index in [4.69, 9.17) is 11.6 Å². The van der Waals surface area contributed by atoms with Crippen molar-refractivity contribution in [1.29, 1.82) is 0 Å². The normalized spacial score (nSPS) is 20.4. The number of halogens is 2. The van der Waals surface area contributed by atoms with Gasteiger partial charge in [0.2, 0.25) is 0 Å². The van der Waals surface area contributed by atoms with Crippen molar-refractivity contribution in [3.05, 3.63) is 64.7 Å². The van der Waals surface area contributed by atoms with Gasteiger partial charge in [-0.3, -0.25) is 14.7 Å². The number of carbonyl (C=O) groups excluding carboxylic acids is 2. The summed E-state index contributed by atoms with van der Waals surface area (Å²) in [5.74, 6) is -0.923. The number of hydrogen-bond acceptors (Lipinski definition) is 3. The van der Waals surface area contributed by atoms with Gasteiger partial charge in [0.05, 0.1) is 0 Å². The third-order valence-corrected chi connectivity index (χ3v) is 4.38. The molecule has 0 spiro atoms. The number of amides is 3. The molecule has 1 N–H and O–H groups in total. The molecule has 2 aromatic rings. The van der Waals surface area contributed by atoms with E-state index in [1.165, 1.54) is 12.1 Å². The Morgan fingerprint density at radius 2 is 2.08 bits per heavy atom. The molecule has 24 heavy (non-hydrogen) atoms. The molecule has 1 saturated heterocycles. The molecule has 124 valence electrons. The number of carbonyl (C=O) groups is 2. The standard InChI is InChI=1S/C17H15ClFN3O2/c1-17(13-6-5-11(19)10-14(13)18)15(23)22(16(24)21-17)9-7-12-4-2-3-8-20-12/h2-6,8,10H,7,9H2,1H3,(H,21,24). The number of aromatic nitrogens is 1. The second kappa shape index (κ2) is 6.20. The van der Waals surface area contributed by atoms with E-state index < -0.39 is 23.3 Å². The minimum absolute atomic E-state index is 0.0951. The molecule has 2 heterocycles. The number of imide groups is 1. The van der Waals surface area contributed by atoms with Crippen molar-refractivity contribution in [2.45, 2.75) is 18.9 Å². The molecule has 0 radical (unpaired) electrons. The molecule has 1 unspecified atom stereocenters. The van der Waals surface area contributed by atoms with Gasteiger partial charge in [0.25, 0.3) is 5.91 Å². The lowest BCUT2D eigenvalue weighted by Gasteiger charge is -2.23. The van der Waals surface area contributed by atoms with E-state index in [2.05, 4.69) is 10.3 Å². The van der Waals surface area contributed by atoms with Crippen molar-refractivity contribution in [2.24, 2.45) is 0 Å². The van der Waals surface area contributed by atoms with Crippen LogP contribution in [0.1, 0.15) is 18.2 Å². The molecule has 0 aliphatic carbocycles. The summed E-state index contributed by atoms with van der Waals surface area (Å²) in [4.78, 5) is 30.3. The highest BCUT2D eigenvalue weighted by Gasteiger charge is 2.49. The first kappa shape index (κ1) is 16.4. The fourth-order valence-corrected chi connectivity index (χ4v) is 3.11. The van der Waals surface area contributed by atoms with Gasteiger partial charge >= 0.3 is 6.03 Å². The molecule has 7 heteroatoms. The number of rotatable bonds is 4. The van der Waals surface area contributed by atoms with E-state index in [0.29, 0.717) is 12.0 Å². The lowest BCUT2D eigenvalue weighted by Crippen LogP contribution is -2.41. The number of benzene rings is 1. The molecule has 1 atom stereocenters. The molecule has 1 aliphatic rings. The molecule has 1 aliphatic heterocycles. The molecule has 3 rings (SSSR count). The first-order valence-electron chi connectivity index (χ1n) is 7.41. The minimum atomic E-state index is -1.31. The molecule has 0 bridgehead atoms. The molecule has 1 fully saturated rings. The Bertz CT molecular complexity index is 800. The van der Waals surface area contributed by atoms with Crippen molar-refractivity contribution >= 4 is 23.5 Å². The second-order valence-corrected chi connectivity index (χ2v) is 6.11. The fourth-order valence-electron chi connectivity index (χ4n) is 2.75. The summed E-state index contributed by atoms with van der Waals surface area (Å²) < 4.78 is 13.2. The van der Waals surface area contributed by atoms with Crippen LogP contribution in [0.3, 0.4) is 0 Å². The Kier molecular flexibility index (Phi) is 4.24. The van der Waals surface area contributed by atoms with E-state index in [-0.39, 0.29) is 11.6 Å². The van der Waals surface area contributed by atoms with Gasteiger partial charge in [0, 0.05) is 35.4 Å². The summed E-state index contributed by atoms with van der Waals surface area (Å²) >= 11 is 6.06. The van der Waals surface area contributed by atoms with Crippen LogP contribution in [0.4, 0.5) is 9.18 Å². The zero-order valence-electron chi connectivity index (χ0n) is 12.9. The van der Waals surface area contributed by atoms with Crippen molar-refractivity contribution in [3.8, 4) is 0 Å². The molecular formula is C17H15ClFN3O2. The Morgan fingerprint density at radius 3 is 2.75 bits per heavy atom. The van der Waals surface area contributed by atoms with E-state index in [0.717, 1.165) is 16.7 Å². The molecule has 1 aromatic carbocycles. The van der Waals surface area contributed by atoms with Gasteiger partial charge in [-0.2, -0.15) is 0 Å². The number of urea groups is 1. The van der Waals surface area contributed by atoms with E-state index in [1.54, 1.807) is 19.2 Å². The van der Waals surface area contributed by atoms with Crippen LogP contribution in [0, 0.1) is 5.82 Å². The van der Waals surface area contributed by atoms with Gasteiger partial charge in [-0.05, 0) is 31.2 Å². The minimum Gasteiger partial charge on any atom is -0.319 e. The zero-order valence-corrected chi connectivity index (χ0v) is 13.7. The van der Waals surface area contributed by atoms with Crippen molar-refractivity contribution in [3.63, 3.8) is 0 Å². The highest BCUT2D eigenvalue weighted by Crippen LogP contribution is 2.33. The van der Waals surface area contributed by atoms with Crippen molar-refractivity contribution in [2.75, 3.05) is 6.54 Å². The van der Waals surface area contributed by atoms with E-state index in [1.807, 2.05) is 12.1 Å². The van der Waals surface area contributed by atoms with E-state index >= 15 is 0 Å². The van der Waals surface area contributed by atoms with Crippen molar-refractivity contribution in [1.82, 2.24) is 15.2 Å². The summed E-state index contributed by atoms with van der Waals surface area (Å²) in [5.41, 5.74) is -0.165. The lowest BCUT2D eigenvalue weighted by molar-refractivity contribution is -0.131. The molecule has 1 aromatic heterocycles. The smallest absolute Gasteiger partial charge is 0.319 e. The predicted octanol–water partition coefficient (Wildman–Crippen LogP) is 2.88. The average molecular weight is 348 g/mol. The van der Waals surface area contributed by atoms with Crippen molar-refractivity contribution < 1.29 is 14.0 Å². The van der Waals surface area contributed by atoms with E-state index in [9.17, 15) is 14.0 Å². The first-order valence-corrected chi connectivity index (χ1v) is 7.79. The Morgan fingerprint density at radius 1 is 1.29 bits per heavy atom. The van der Waals surface area contributed by atoms with Crippen LogP contribution in [0.5, 0.6) is 0 Å². The number of nitrogens with one attached hydrogen (secondary N) is 1. The highest BCUT2D eigenvalue weighted by atomic mass is 35.5. The van der Waals surface area contributed by atoms with Crippen LogP contribution >= 0.6 is 11.6 Å². The third-order valence-electron chi connectivity index (χ3n) is 4.06. The Balaban J connectivity index is 1.82. The largest absolute Gasteiger partial charge is 0.325 e. The van der Waals surface area contributed by atoms with Crippen LogP contribution in [0.2, 0.25) is 5.02 Å². The number of hydrogen-bond donors (Lipinski definition) is 1. The predicted molar refractivity (Wildman–Crippen MR) is 86.9 cm³/mol. The maximum absolute atomic E-state index is 13.2. The number of nitrogens with zero attached hydrogens (tertiary/aromatic N) is 2. The van der Waals surface area contributed by atoms with Gasteiger partial charge in [0.15, 0.2) is 0 Å². The zero-order chi connectivity index (χ0) is 17.3. The van der Waals surface area contributed by atoms with Crippen LogP contribution in [-0.4, -0.2) is 28.4 Å². The topological polar surface area (TPSA) is 62.3 Å². The molecular weight excluding hydrogens is 333 g/mol. The molecule has 5 nitrogen and oxygen atoms in total. The van der Waals surface area contributed by atoms with Crippen LogP contribution in [-0.2, 0) is 16.8 Å². The monoisotopic (exact) mass is 347 g/mol. The Hall–Kier alpha value is -2.47.